The van der Waals surface area contributed by atoms with Crippen LogP contribution in [-0.2, 0) is 37.0 Å². The third-order valence-corrected chi connectivity index (χ3v) is 11.2. The average molecular weight is 779 g/mol. The Labute approximate surface area is 329 Å². The van der Waals surface area contributed by atoms with Crippen molar-refractivity contribution in [3.05, 3.63) is 83.1 Å². The van der Waals surface area contributed by atoms with Crippen molar-refractivity contribution in [2.75, 3.05) is 30.0 Å². The molecule has 4 N–H and O–H groups in total. The number of rotatable bonds is 10. The lowest BCUT2D eigenvalue weighted by Crippen LogP contribution is -2.55. The number of benzene rings is 2. The highest BCUT2D eigenvalue weighted by atomic mass is 16.5. The molecule has 1 atom stereocenters. The quantitative estimate of drug-likeness (QED) is 0.201. The van der Waals surface area contributed by atoms with Gasteiger partial charge in [-0.1, -0.05) is 6.07 Å². The lowest BCUT2D eigenvalue weighted by atomic mass is 9.91. The molecule has 0 bridgehead atoms. The van der Waals surface area contributed by atoms with Gasteiger partial charge in [-0.25, -0.2) is 9.97 Å². The number of aromatic nitrogens is 2. The minimum Gasteiger partial charge on any atom is -0.489 e. The summed E-state index contributed by atoms with van der Waals surface area (Å²) in [5.41, 5.74) is 9.87. The van der Waals surface area contributed by atoms with Gasteiger partial charge >= 0.3 is 0 Å². The van der Waals surface area contributed by atoms with Crippen molar-refractivity contribution in [2.45, 2.75) is 95.9 Å². The zero-order valence-corrected chi connectivity index (χ0v) is 31.9. The van der Waals surface area contributed by atoms with E-state index in [1.807, 2.05) is 43.0 Å². The molecule has 57 heavy (non-hydrogen) atoms. The third kappa shape index (κ3) is 7.79. The minimum absolute atomic E-state index is 0.0228. The lowest BCUT2D eigenvalue weighted by molar-refractivity contribution is -0.138. The Hall–Kier alpha value is -5.87. The van der Waals surface area contributed by atoms with Crippen LogP contribution in [0.4, 0.5) is 11.4 Å². The Bertz CT molecular complexity index is 2110. The first-order chi connectivity index (χ1) is 27.6. The first-order valence-electron chi connectivity index (χ1n) is 19.5. The van der Waals surface area contributed by atoms with E-state index in [0.717, 1.165) is 42.5 Å². The van der Waals surface area contributed by atoms with Gasteiger partial charge in [0.05, 0.1) is 36.2 Å². The van der Waals surface area contributed by atoms with E-state index in [-0.39, 0.29) is 79.7 Å². The van der Waals surface area contributed by atoms with Gasteiger partial charge in [0, 0.05) is 67.5 Å². The first-order valence-corrected chi connectivity index (χ1v) is 19.5. The van der Waals surface area contributed by atoms with E-state index >= 15 is 0 Å². The molecule has 1 saturated carbocycles. The number of carbonyl (C=O) groups excluding carboxylic acids is 5. The summed E-state index contributed by atoms with van der Waals surface area (Å²) < 4.78 is 18.3. The Morgan fingerprint density at radius 2 is 1.68 bits per heavy atom. The van der Waals surface area contributed by atoms with E-state index in [0.29, 0.717) is 42.2 Å². The van der Waals surface area contributed by atoms with E-state index in [9.17, 15) is 24.0 Å². The van der Waals surface area contributed by atoms with Gasteiger partial charge in [0.1, 0.15) is 18.5 Å². The average Bonchev–Trinajstić information content (AvgIpc) is 3.40. The van der Waals surface area contributed by atoms with Gasteiger partial charge in [0.2, 0.25) is 11.8 Å². The fourth-order valence-electron chi connectivity index (χ4n) is 8.25. The Morgan fingerprint density at radius 3 is 2.40 bits per heavy atom. The maximum Gasteiger partial charge on any atom is 0.261 e. The molecule has 16 nitrogen and oxygen atoms in total. The SMILES string of the molecule is CC(C)Oc1cc2c(cc1NC(=O)/C(=C/N)c1ncccn1)CN(C1CCC(OC3CN(c4ccc5c(c4)C(=O)N(C4CCC(=O)NC4=O)COC5)C3)CC1)C2=O. The molecule has 3 fully saturated rings. The highest BCUT2D eigenvalue weighted by Crippen LogP contribution is 2.38. The molecule has 5 aliphatic rings. The van der Waals surface area contributed by atoms with Crippen LogP contribution in [-0.4, -0.2) is 99.5 Å². The van der Waals surface area contributed by atoms with Crippen molar-refractivity contribution in [1.82, 2.24) is 25.1 Å². The first kappa shape index (κ1) is 38.0. The predicted octanol–water partition coefficient (Wildman–Crippen LogP) is 3.11. The summed E-state index contributed by atoms with van der Waals surface area (Å²) in [5, 5.41) is 5.23. The second-order valence-electron chi connectivity index (χ2n) is 15.4. The number of ether oxygens (including phenoxy) is 3. The van der Waals surface area contributed by atoms with Crippen molar-refractivity contribution < 1.29 is 38.2 Å². The Morgan fingerprint density at radius 1 is 0.947 bits per heavy atom. The number of carbonyl (C=O) groups is 5. The molecule has 2 saturated heterocycles. The molecular weight excluding hydrogens is 732 g/mol. The van der Waals surface area contributed by atoms with Gasteiger partial charge in [-0.05, 0) is 87.4 Å². The molecule has 298 valence electrons. The normalized spacial score (nSPS) is 22.8. The van der Waals surface area contributed by atoms with Crippen LogP contribution in [0.15, 0.2) is 55.0 Å². The van der Waals surface area contributed by atoms with Crippen LogP contribution in [0.2, 0.25) is 0 Å². The van der Waals surface area contributed by atoms with Crippen LogP contribution in [0.25, 0.3) is 5.57 Å². The molecule has 8 rings (SSSR count). The van der Waals surface area contributed by atoms with Crippen molar-refractivity contribution in [1.29, 1.82) is 0 Å². The van der Waals surface area contributed by atoms with E-state index < -0.39 is 17.9 Å². The number of imide groups is 1. The number of anilines is 2. The number of hydrogen-bond acceptors (Lipinski definition) is 12. The van der Waals surface area contributed by atoms with Crippen LogP contribution >= 0.6 is 0 Å². The maximum atomic E-state index is 13.8. The van der Waals surface area contributed by atoms with E-state index in [1.54, 1.807) is 12.1 Å². The molecule has 4 aliphatic heterocycles. The number of hydrogen-bond donors (Lipinski definition) is 3. The van der Waals surface area contributed by atoms with E-state index in [1.165, 1.54) is 23.5 Å². The monoisotopic (exact) mass is 778 g/mol. The Kier molecular flexibility index (Phi) is 10.6. The summed E-state index contributed by atoms with van der Waals surface area (Å²) in [5.74, 6) is -1.05. The second kappa shape index (κ2) is 15.9. The largest absolute Gasteiger partial charge is 0.489 e. The number of fused-ring (bicyclic) bond motifs is 2. The smallest absolute Gasteiger partial charge is 0.261 e. The molecule has 1 unspecified atom stereocenters. The summed E-state index contributed by atoms with van der Waals surface area (Å²) in [6, 6.07) is 10.2. The Balaban J connectivity index is 0.855. The molecule has 1 aliphatic carbocycles. The topological polar surface area (TPSA) is 199 Å². The summed E-state index contributed by atoms with van der Waals surface area (Å²) >= 11 is 0. The number of amides is 5. The van der Waals surface area contributed by atoms with E-state index in [2.05, 4.69) is 25.5 Å². The lowest BCUT2D eigenvalue weighted by Gasteiger charge is -2.44. The highest BCUT2D eigenvalue weighted by Gasteiger charge is 2.40. The predicted molar refractivity (Wildman–Crippen MR) is 206 cm³/mol. The molecule has 16 heteroatoms. The summed E-state index contributed by atoms with van der Waals surface area (Å²) in [6.45, 7) is 5.78. The van der Waals surface area contributed by atoms with Crippen LogP contribution in [0.1, 0.15) is 90.0 Å². The van der Waals surface area contributed by atoms with Crippen LogP contribution in [0.3, 0.4) is 0 Å². The summed E-state index contributed by atoms with van der Waals surface area (Å²) in [4.78, 5) is 78.8. The molecule has 5 amide bonds. The van der Waals surface area contributed by atoms with Crippen molar-refractivity contribution in [3.8, 4) is 5.75 Å². The van der Waals surface area contributed by atoms with Crippen LogP contribution in [0, 0.1) is 0 Å². The zero-order chi connectivity index (χ0) is 39.8. The number of nitrogens with one attached hydrogen (secondary N) is 2. The summed E-state index contributed by atoms with van der Waals surface area (Å²) in [6.07, 6.45) is 7.85. The zero-order valence-electron chi connectivity index (χ0n) is 31.9. The van der Waals surface area contributed by atoms with Gasteiger partial charge in [0.15, 0.2) is 5.82 Å². The van der Waals surface area contributed by atoms with Crippen molar-refractivity contribution in [2.24, 2.45) is 5.73 Å². The van der Waals surface area contributed by atoms with Crippen LogP contribution in [0.5, 0.6) is 5.75 Å². The number of nitrogens with two attached hydrogens (primary N) is 1. The molecule has 0 spiro atoms. The number of nitrogens with zero attached hydrogens (tertiary/aromatic N) is 5. The molecule has 1 aromatic heterocycles. The fraction of sp³-hybridized carbons (Fsp3) is 0.439. The minimum atomic E-state index is -0.755. The summed E-state index contributed by atoms with van der Waals surface area (Å²) in [7, 11) is 0. The maximum absolute atomic E-state index is 13.8. The second-order valence-corrected chi connectivity index (χ2v) is 15.4. The molecule has 3 aromatic rings. The number of piperidine rings is 1. The van der Waals surface area contributed by atoms with Crippen molar-refractivity contribution in [3.63, 3.8) is 0 Å². The van der Waals surface area contributed by atoms with Gasteiger partial charge in [-0.2, -0.15) is 0 Å². The third-order valence-electron chi connectivity index (χ3n) is 11.2. The van der Waals surface area contributed by atoms with Gasteiger partial charge < -0.3 is 40.0 Å². The molecule has 2 aromatic carbocycles. The fourth-order valence-corrected chi connectivity index (χ4v) is 8.25. The van der Waals surface area contributed by atoms with Crippen LogP contribution < -0.4 is 26.0 Å². The standard InChI is InChI=1S/C41H46N8O8/c1-23(2)56-35-16-31-25(14-33(35)45-38(51)32(17-42)37-43-12-3-13-44-37)18-48(40(31)53)26-6-8-28(9-7-26)57-29-19-47(20-29)27-5-4-24-21-55-22-49(41(54)30(24)15-27)34-10-11-36(50)46-39(34)52/h3-5,12-17,23,26,28-29,34H,6-11,18-22,42H2,1-2H3,(H,45,51)(H,46,50,52)/b32-17+. The molecular formula is C41H46N8O8. The van der Waals surface area contributed by atoms with Gasteiger partial charge in [-0.15, -0.1) is 0 Å². The van der Waals surface area contributed by atoms with Crippen molar-refractivity contribution >= 4 is 46.5 Å². The molecule has 5 heterocycles. The highest BCUT2D eigenvalue weighted by molar-refractivity contribution is 6.24. The van der Waals surface area contributed by atoms with Gasteiger partial charge in [0.25, 0.3) is 17.7 Å². The van der Waals surface area contributed by atoms with Gasteiger partial charge in [-0.3, -0.25) is 29.3 Å². The molecule has 0 radical (unpaired) electrons. The van der Waals surface area contributed by atoms with E-state index in [4.69, 9.17) is 19.9 Å².